The van der Waals surface area contributed by atoms with Crippen molar-refractivity contribution in [3.63, 3.8) is 0 Å². The molecule has 1 amide bonds. The molecule has 1 rings (SSSR count). The summed E-state index contributed by atoms with van der Waals surface area (Å²) in [6, 6.07) is 8.11. The molecule has 4 nitrogen and oxygen atoms in total. The minimum absolute atomic E-state index is 0.282. The van der Waals surface area contributed by atoms with Gasteiger partial charge in [-0.1, -0.05) is 30.4 Å². The number of rotatable bonds is 5. The van der Waals surface area contributed by atoms with Gasteiger partial charge in [0, 0.05) is 5.56 Å². The molecule has 1 aromatic rings. The maximum atomic E-state index is 11.9. The zero-order chi connectivity index (χ0) is 13.4. The SMILES string of the molecule is CC=CC[C@H](NC(=O)c1ccccc1)C(=O)OC. The van der Waals surface area contributed by atoms with Gasteiger partial charge in [0.2, 0.25) is 0 Å². The fourth-order valence-electron chi connectivity index (χ4n) is 1.46. The Morgan fingerprint density at radius 3 is 2.56 bits per heavy atom. The van der Waals surface area contributed by atoms with Gasteiger partial charge in [-0.2, -0.15) is 0 Å². The zero-order valence-corrected chi connectivity index (χ0v) is 10.6. The smallest absolute Gasteiger partial charge is 0.328 e. The molecule has 0 heterocycles. The van der Waals surface area contributed by atoms with Crippen molar-refractivity contribution >= 4 is 11.9 Å². The maximum absolute atomic E-state index is 11.9. The van der Waals surface area contributed by atoms with Gasteiger partial charge in [-0.05, 0) is 25.5 Å². The van der Waals surface area contributed by atoms with E-state index >= 15 is 0 Å². The molecular formula is C14H17NO3. The number of amides is 1. The highest BCUT2D eigenvalue weighted by atomic mass is 16.5. The summed E-state index contributed by atoms with van der Waals surface area (Å²) in [5, 5.41) is 2.65. The van der Waals surface area contributed by atoms with E-state index in [1.54, 1.807) is 24.3 Å². The van der Waals surface area contributed by atoms with Crippen LogP contribution in [0.5, 0.6) is 0 Å². The van der Waals surface area contributed by atoms with Crippen LogP contribution in [0.2, 0.25) is 0 Å². The lowest BCUT2D eigenvalue weighted by atomic mass is 10.1. The van der Waals surface area contributed by atoms with Gasteiger partial charge < -0.3 is 10.1 Å². The monoisotopic (exact) mass is 247 g/mol. The third-order valence-corrected chi connectivity index (χ3v) is 2.43. The van der Waals surface area contributed by atoms with Crippen molar-refractivity contribution in [3.8, 4) is 0 Å². The van der Waals surface area contributed by atoms with Crippen molar-refractivity contribution in [2.24, 2.45) is 0 Å². The lowest BCUT2D eigenvalue weighted by Crippen LogP contribution is -2.41. The van der Waals surface area contributed by atoms with Crippen LogP contribution in [0.15, 0.2) is 42.5 Å². The topological polar surface area (TPSA) is 55.4 Å². The molecule has 18 heavy (non-hydrogen) atoms. The van der Waals surface area contributed by atoms with E-state index in [4.69, 9.17) is 0 Å². The Labute approximate surface area is 107 Å². The van der Waals surface area contributed by atoms with Crippen molar-refractivity contribution in [1.82, 2.24) is 5.32 Å². The molecule has 0 saturated carbocycles. The second-order valence-electron chi connectivity index (χ2n) is 3.72. The maximum Gasteiger partial charge on any atom is 0.328 e. The first-order valence-electron chi connectivity index (χ1n) is 5.74. The first-order chi connectivity index (χ1) is 8.69. The largest absolute Gasteiger partial charge is 0.467 e. The van der Waals surface area contributed by atoms with Gasteiger partial charge in [-0.3, -0.25) is 4.79 Å². The van der Waals surface area contributed by atoms with Crippen molar-refractivity contribution in [2.45, 2.75) is 19.4 Å². The number of ether oxygens (including phenoxy) is 1. The van der Waals surface area contributed by atoms with Crippen LogP contribution in [0.1, 0.15) is 23.7 Å². The molecule has 0 radical (unpaired) electrons. The summed E-state index contributed by atoms with van der Waals surface area (Å²) < 4.78 is 4.66. The first kappa shape index (κ1) is 14.0. The fraction of sp³-hybridized carbons (Fsp3) is 0.286. The predicted molar refractivity (Wildman–Crippen MR) is 69.1 cm³/mol. The van der Waals surface area contributed by atoms with Gasteiger partial charge in [-0.25, -0.2) is 4.79 Å². The summed E-state index contributed by atoms with van der Waals surface area (Å²) in [7, 11) is 1.31. The average molecular weight is 247 g/mol. The number of benzene rings is 1. The van der Waals surface area contributed by atoms with Crippen LogP contribution in [0.4, 0.5) is 0 Å². The molecular weight excluding hydrogens is 230 g/mol. The summed E-state index contributed by atoms with van der Waals surface area (Å²) in [6.07, 6.45) is 4.05. The van der Waals surface area contributed by atoms with Gasteiger partial charge in [-0.15, -0.1) is 0 Å². The lowest BCUT2D eigenvalue weighted by molar-refractivity contribution is -0.142. The quantitative estimate of drug-likeness (QED) is 0.639. The third kappa shape index (κ3) is 4.05. The van der Waals surface area contributed by atoms with Crippen molar-refractivity contribution < 1.29 is 14.3 Å². The Bertz CT molecular complexity index is 426. The van der Waals surface area contributed by atoms with E-state index in [1.807, 2.05) is 25.1 Å². The highest BCUT2D eigenvalue weighted by Gasteiger charge is 2.20. The van der Waals surface area contributed by atoms with E-state index in [9.17, 15) is 9.59 Å². The number of esters is 1. The van der Waals surface area contributed by atoms with E-state index in [2.05, 4.69) is 10.1 Å². The Kier molecular flexibility index (Phi) is 5.64. The zero-order valence-electron chi connectivity index (χ0n) is 10.6. The predicted octanol–water partition coefficient (Wildman–Crippen LogP) is 1.92. The molecule has 0 aliphatic rings. The molecule has 0 aromatic heterocycles. The minimum Gasteiger partial charge on any atom is -0.467 e. The molecule has 1 atom stereocenters. The molecule has 0 aliphatic heterocycles. The second kappa shape index (κ2) is 7.27. The highest BCUT2D eigenvalue weighted by Crippen LogP contribution is 2.02. The molecule has 0 aliphatic carbocycles. The van der Waals surface area contributed by atoms with Crippen LogP contribution in [0.3, 0.4) is 0 Å². The Balaban J connectivity index is 2.71. The fourth-order valence-corrected chi connectivity index (χ4v) is 1.46. The standard InChI is InChI=1S/C14H17NO3/c1-3-4-10-12(14(17)18-2)15-13(16)11-8-6-5-7-9-11/h3-9,12H,10H2,1-2H3,(H,15,16)/t12-/m0/s1. The number of allylic oxidation sites excluding steroid dienone is 1. The number of carbonyl (C=O) groups excluding carboxylic acids is 2. The Morgan fingerprint density at radius 1 is 1.33 bits per heavy atom. The summed E-state index contributed by atoms with van der Waals surface area (Å²) in [4.78, 5) is 23.4. The third-order valence-electron chi connectivity index (χ3n) is 2.43. The highest BCUT2D eigenvalue weighted by molar-refractivity contribution is 5.96. The molecule has 1 N–H and O–H groups in total. The summed E-state index contributed by atoms with van der Waals surface area (Å²) in [5.41, 5.74) is 0.520. The van der Waals surface area contributed by atoms with Gasteiger partial charge in [0.05, 0.1) is 7.11 Å². The summed E-state index contributed by atoms with van der Waals surface area (Å²) >= 11 is 0. The summed E-state index contributed by atoms with van der Waals surface area (Å²) in [6.45, 7) is 1.85. The molecule has 1 aromatic carbocycles. The van der Waals surface area contributed by atoms with Crippen molar-refractivity contribution in [1.29, 1.82) is 0 Å². The molecule has 96 valence electrons. The van der Waals surface area contributed by atoms with Crippen LogP contribution < -0.4 is 5.32 Å². The van der Waals surface area contributed by atoms with Crippen LogP contribution in [-0.2, 0) is 9.53 Å². The summed E-state index contributed by atoms with van der Waals surface area (Å²) in [5.74, 6) is -0.729. The number of methoxy groups -OCH3 is 1. The van der Waals surface area contributed by atoms with E-state index in [-0.39, 0.29) is 5.91 Å². The number of hydrogen-bond donors (Lipinski definition) is 1. The van der Waals surface area contributed by atoms with Crippen LogP contribution in [0.25, 0.3) is 0 Å². The Hall–Kier alpha value is -2.10. The van der Waals surface area contributed by atoms with E-state index in [0.29, 0.717) is 12.0 Å². The minimum atomic E-state index is -0.654. The number of hydrogen-bond acceptors (Lipinski definition) is 3. The molecule has 0 saturated heterocycles. The normalized spacial score (nSPS) is 12.1. The van der Waals surface area contributed by atoms with Crippen molar-refractivity contribution in [3.05, 3.63) is 48.0 Å². The second-order valence-corrected chi connectivity index (χ2v) is 3.72. The van der Waals surface area contributed by atoms with Crippen LogP contribution in [-0.4, -0.2) is 25.0 Å². The van der Waals surface area contributed by atoms with Gasteiger partial charge in [0.15, 0.2) is 0 Å². The Morgan fingerprint density at radius 2 is 2.00 bits per heavy atom. The van der Waals surface area contributed by atoms with Crippen molar-refractivity contribution in [2.75, 3.05) is 7.11 Å². The van der Waals surface area contributed by atoms with E-state index < -0.39 is 12.0 Å². The van der Waals surface area contributed by atoms with E-state index in [1.165, 1.54) is 7.11 Å². The van der Waals surface area contributed by atoms with E-state index in [0.717, 1.165) is 0 Å². The molecule has 0 bridgehead atoms. The molecule has 0 spiro atoms. The van der Waals surface area contributed by atoms with Crippen LogP contribution >= 0.6 is 0 Å². The van der Waals surface area contributed by atoms with Gasteiger partial charge >= 0.3 is 5.97 Å². The average Bonchev–Trinajstić information content (AvgIpc) is 2.43. The van der Waals surface area contributed by atoms with Gasteiger partial charge in [0.1, 0.15) is 6.04 Å². The van der Waals surface area contributed by atoms with Gasteiger partial charge in [0.25, 0.3) is 5.91 Å². The molecule has 0 fully saturated rings. The van der Waals surface area contributed by atoms with Crippen LogP contribution in [0, 0.1) is 0 Å². The molecule has 4 heteroatoms. The number of carbonyl (C=O) groups is 2. The number of nitrogens with one attached hydrogen (secondary N) is 1. The first-order valence-corrected chi connectivity index (χ1v) is 5.74. The molecule has 0 unspecified atom stereocenters. The lowest BCUT2D eigenvalue weighted by Gasteiger charge is -2.14.